The Bertz CT molecular complexity index is 2090. The number of ether oxygens (including phenoxy) is 2. The molecule has 2 aromatic rings. The van der Waals surface area contributed by atoms with Crippen molar-refractivity contribution in [1.82, 2.24) is 25.2 Å². The molecule has 3 aliphatic rings. The van der Waals surface area contributed by atoms with Gasteiger partial charge in [0.25, 0.3) is 20.2 Å². The van der Waals surface area contributed by atoms with E-state index in [1.807, 2.05) is 16.7 Å². The fourth-order valence-electron chi connectivity index (χ4n) is 5.50. The van der Waals surface area contributed by atoms with Crippen LogP contribution in [0.5, 0.6) is 0 Å². The van der Waals surface area contributed by atoms with Crippen molar-refractivity contribution in [3.63, 3.8) is 0 Å². The number of nitrogens with zero attached hydrogens (tertiary/aromatic N) is 8. The molecule has 56 heavy (non-hydrogen) atoms. The largest absolute Gasteiger partial charge is 0.378 e. The normalized spacial score (nSPS) is 17.6. The quantitative estimate of drug-likeness (QED) is 0.0626. The van der Waals surface area contributed by atoms with Gasteiger partial charge in [-0.3, -0.25) is 14.1 Å². The van der Waals surface area contributed by atoms with E-state index < -0.39 is 25.1 Å². The molecule has 0 spiro atoms. The Labute approximate surface area is 326 Å². The highest BCUT2D eigenvalue weighted by molar-refractivity contribution is 7.91. The lowest BCUT2D eigenvalue weighted by Crippen LogP contribution is -2.40. The molecule has 20 nitrogen and oxygen atoms in total. The van der Waals surface area contributed by atoms with Crippen LogP contribution in [0.2, 0.25) is 0 Å². The van der Waals surface area contributed by atoms with Gasteiger partial charge in [0.2, 0.25) is 29.8 Å². The standard InChI is InChI=1S/C34H48N12O8S2/c1-5-36-23-37-30(35)40-32(44(2)3)39-27-12-11-25(28(21-27)55(47,48)49)10-9-24-7-6-8-26(22-29(24)56(50,51)52-4)38-31-41-33(45-13-17-53-18-14-45)43-34(42-31)46-15-19-54-20-16-46/h6-7,9-12,21-22,36H,5,8,13-20,23H2,1-4H3,(H,47,48,49)(H3,35,37,39,40)(H,38,41,42,43)/b10-9+. The SMILES string of the molecule is CCNCN=C(N)/N=C(/Nc1ccc(/C=C/C2=C(S(=O)(=O)OC)C=C(Nc3nc(N4CCOCC4)nc(N4CCOCC4)n3)CC=C2)c(S(=O)(=O)O)c1)N(C)C. The number of benzene rings is 1. The van der Waals surface area contributed by atoms with E-state index in [0.29, 0.717) is 76.7 Å². The molecule has 22 heteroatoms. The molecule has 3 heterocycles. The van der Waals surface area contributed by atoms with Crippen LogP contribution in [0.1, 0.15) is 18.9 Å². The number of guanidine groups is 2. The number of nitrogens with two attached hydrogens (primary N) is 1. The molecule has 0 unspecified atom stereocenters. The Balaban J connectivity index is 1.48. The summed E-state index contributed by atoms with van der Waals surface area (Å²) in [6.45, 7) is 7.36. The first kappa shape index (κ1) is 42.2. The van der Waals surface area contributed by atoms with Crippen LogP contribution in [-0.2, 0) is 33.9 Å². The highest BCUT2D eigenvalue weighted by atomic mass is 32.2. The van der Waals surface area contributed by atoms with Gasteiger partial charge in [-0.1, -0.05) is 37.3 Å². The molecule has 6 N–H and O–H groups in total. The van der Waals surface area contributed by atoms with Gasteiger partial charge in [-0.25, -0.2) is 4.99 Å². The fraction of sp³-hybridized carbons (Fsp3) is 0.441. The van der Waals surface area contributed by atoms with Gasteiger partial charge in [0.05, 0.1) is 40.2 Å². The summed E-state index contributed by atoms with van der Waals surface area (Å²) in [4.78, 5) is 27.4. The minimum Gasteiger partial charge on any atom is -0.378 e. The molecule has 0 saturated carbocycles. The Morgan fingerprint density at radius 1 is 1.02 bits per heavy atom. The highest BCUT2D eigenvalue weighted by Gasteiger charge is 2.24. The third-order valence-electron chi connectivity index (χ3n) is 8.42. The first-order valence-electron chi connectivity index (χ1n) is 17.7. The molecule has 304 valence electrons. The van der Waals surface area contributed by atoms with E-state index in [4.69, 9.17) is 24.4 Å². The van der Waals surface area contributed by atoms with Crippen LogP contribution >= 0.6 is 0 Å². The molecule has 2 saturated heterocycles. The second-order valence-corrected chi connectivity index (χ2v) is 15.7. The van der Waals surface area contributed by atoms with Crippen molar-refractivity contribution in [2.45, 2.75) is 18.2 Å². The Morgan fingerprint density at radius 3 is 2.23 bits per heavy atom. The maximum atomic E-state index is 13.3. The zero-order valence-electron chi connectivity index (χ0n) is 31.7. The second-order valence-electron chi connectivity index (χ2n) is 12.6. The van der Waals surface area contributed by atoms with E-state index in [-0.39, 0.29) is 52.7 Å². The summed E-state index contributed by atoms with van der Waals surface area (Å²) in [6, 6.07) is 4.23. The molecule has 1 aromatic heterocycles. The van der Waals surface area contributed by atoms with Crippen LogP contribution in [0.25, 0.3) is 6.08 Å². The molecule has 2 fully saturated rings. The van der Waals surface area contributed by atoms with Gasteiger partial charge in [0.15, 0.2) is 0 Å². The maximum absolute atomic E-state index is 13.3. The lowest BCUT2D eigenvalue weighted by molar-refractivity contribution is 0.121. The first-order chi connectivity index (χ1) is 26.8. The van der Waals surface area contributed by atoms with Crippen LogP contribution in [-0.4, -0.2) is 140 Å². The monoisotopic (exact) mass is 816 g/mol. The third-order valence-corrected chi connectivity index (χ3v) is 10.7. The van der Waals surface area contributed by atoms with Crippen molar-refractivity contribution in [2.24, 2.45) is 15.7 Å². The lowest BCUT2D eigenvalue weighted by atomic mass is 10.1. The lowest BCUT2D eigenvalue weighted by Gasteiger charge is -2.30. The number of aromatic nitrogens is 3. The van der Waals surface area contributed by atoms with Gasteiger partial charge in [0, 0.05) is 58.1 Å². The predicted octanol–water partition coefficient (Wildman–Crippen LogP) is 1.20. The molecule has 1 aliphatic carbocycles. The molecule has 0 amide bonds. The van der Waals surface area contributed by atoms with Crippen molar-refractivity contribution in [1.29, 1.82) is 0 Å². The second kappa shape index (κ2) is 19.3. The van der Waals surface area contributed by atoms with Crippen molar-refractivity contribution in [2.75, 3.05) is 107 Å². The molecule has 0 bridgehead atoms. The molecule has 1 aromatic carbocycles. The van der Waals surface area contributed by atoms with Crippen LogP contribution < -0.4 is 31.5 Å². The van der Waals surface area contributed by atoms with Crippen molar-refractivity contribution < 1.29 is 35.0 Å². The number of hydrogen-bond donors (Lipinski definition) is 5. The van der Waals surface area contributed by atoms with Gasteiger partial charge in [-0.05, 0) is 35.9 Å². The number of anilines is 4. The molecule has 0 atom stereocenters. The number of hydrogen-bond acceptors (Lipinski definition) is 15. The summed E-state index contributed by atoms with van der Waals surface area (Å²) < 4.78 is 78.1. The average molecular weight is 817 g/mol. The number of aliphatic imine (C=N–C) groups is 2. The number of morpholine rings is 2. The average Bonchev–Trinajstić information content (AvgIpc) is 3.39. The zero-order chi connectivity index (χ0) is 40.3. The minimum atomic E-state index is -4.76. The summed E-state index contributed by atoms with van der Waals surface area (Å²) in [7, 11) is -4.63. The molecular formula is C34H48N12O8S2. The number of rotatable bonds is 13. The van der Waals surface area contributed by atoms with Gasteiger partial charge in [-0.15, -0.1) is 0 Å². The van der Waals surface area contributed by atoms with Gasteiger partial charge in [-0.2, -0.15) is 36.8 Å². The van der Waals surface area contributed by atoms with Crippen LogP contribution in [0.4, 0.5) is 23.5 Å². The van der Waals surface area contributed by atoms with E-state index >= 15 is 0 Å². The van der Waals surface area contributed by atoms with Crippen LogP contribution in [0.15, 0.2) is 73.6 Å². The summed E-state index contributed by atoms with van der Waals surface area (Å²) in [5.41, 5.74) is 6.90. The Morgan fingerprint density at radius 2 is 1.66 bits per heavy atom. The predicted molar refractivity (Wildman–Crippen MR) is 215 cm³/mol. The van der Waals surface area contributed by atoms with E-state index in [2.05, 4.69) is 35.9 Å². The van der Waals surface area contributed by atoms with Gasteiger partial charge in [0.1, 0.15) is 9.80 Å². The molecule has 0 radical (unpaired) electrons. The van der Waals surface area contributed by atoms with E-state index in [0.717, 1.165) is 7.11 Å². The van der Waals surface area contributed by atoms with E-state index in [9.17, 15) is 21.4 Å². The molecular weight excluding hydrogens is 769 g/mol. The maximum Gasteiger partial charge on any atom is 0.297 e. The smallest absolute Gasteiger partial charge is 0.297 e. The van der Waals surface area contributed by atoms with E-state index in [1.54, 1.807) is 37.2 Å². The highest BCUT2D eigenvalue weighted by Crippen LogP contribution is 2.28. The summed E-state index contributed by atoms with van der Waals surface area (Å²) in [5, 5.41) is 9.18. The summed E-state index contributed by atoms with van der Waals surface area (Å²) in [6.07, 6.45) is 7.77. The Hall–Kier alpha value is -4.97. The summed E-state index contributed by atoms with van der Waals surface area (Å²) in [5.74, 6) is 1.37. The van der Waals surface area contributed by atoms with Crippen LogP contribution in [0, 0.1) is 0 Å². The van der Waals surface area contributed by atoms with Crippen molar-refractivity contribution >= 4 is 61.8 Å². The molecule has 2 aliphatic heterocycles. The van der Waals surface area contributed by atoms with Gasteiger partial charge >= 0.3 is 0 Å². The van der Waals surface area contributed by atoms with E-state index in [1.165, 1.54) is 30.4 Å². The van der Waals surface area contributed by atoms with Crippen molar-refractivity contribution in [3.8, 4) is 0 Å². The Kier molecular flexibility index (Phi) is 14.5. The van der Waals surface area contributed by atoms with Crippen LogP contribution in [0.3, 0.4) is 0 Å². The zero-order valence-corrected chi connectivity index (χ0v) is 33.3. The number of allylic oxidation sites excluding steroid dienone is 5. The fourth-order valence-corrected chi connectivity index (χ4v) is 7.10. The van der Waals surface area contributed by atoms with Gasteiger partial charge < -0.3 is 40.5 Å². The summed E-state index contributed by atoms with van der Waals surface area (Å²) >= 11 is 0. The molecule has 5 rings (SSSR count). The van der Waals surface area contributed by atoms with Crippen molar-refractivity contribution in [3.05, 3.63) is 64.2 Å². The third kappa shape index (κ3) is 11.5. The topological polar surface area (TPSA) is 251 Å². The first-order valence-corrected chi connectivity index (χ1v) is 20.6. The minimum absolute atomic E-state index is 0.0144. The number of nitrogens with one attached hydrogen (secondary N) is 3.